The number of rotatable bonds is 5. The fraction of sp³-hybridized carbons (Fsp3) is 0.259. The standard InChI is InChI=1S/C27H20BrClF3N3O4S/c28-25-20(8-16(29)10-33-25)40-27-23(36)22(24-19(38-27)12-37-26(39-24)13-4-2-1-3-5-13)35-11-15(9-34-35)14-6-17(30)21(32)18(31)7-14/h1-11,19,22-24,26-27,36H,12H2/t19?,22-,23?,24+,26?,27-/m1/s1. The Balaban J connectivity index is 1.35. The topological polar surface area (TPSA) is 78.6 Å². The Morgan fingerprint density at radius 1 is 1.02 bits per heavy atom. The average Bonchev–Trinajstić information content (AvgIpc) is 3.44. The van der Waals surface area contributed by atoms with E-state index in [2.05, 4.69) is 26.0 Å². The van der Waals surface area contributed by atoms with E-state index in [1.54, 1.807) is 6.07 Å². The number of aliphatic hydroxyl groups excluding tert-OH is 1. The molecular formula is C27H20BrClF3N3O4S. The highest BCUT2D eigenvalue weighted by Gasteiger charge is 2.51. The normalized spacial score (nSPS) is 26.4. The van der Waals surface area contributed by atoms with E-state index in [4.69, 9.17) is 25.8 Å². The lowest BCUT2D eigenvalue weighted by Gasteiger charge is -2.48. The summed E-state index contributed by atoms with van der Waals surface area (Å²) < 4.78 is 62.0. The van der Waals surface area contributed by atoms with Crippen molar-refractivity contribution in [3.63, 3.8) is 0 Å². The minimum absolute atomic E-state index is 0.0932. The molecule has 6 atom stereocenters. The lowest BCUT2D eigenvalue weighted by molar-refractivity contribution is -0.306. The summed E-state index contributed by atoms with van der Waals surface area (Å²) in [6.45, 7) is 0.169. The first-order valence-corrected chi connectivity index (χ1v) is 14.2. The van der Waals surface area contributed by atoms with E-state index < -0.39 is 53.5 Å². The molecule has 3 unspecified atom stereocenters. The van der Waals surface area contributed by atoms with Crippen LogP contribution in [0.1, 0.15) is 17.9 Å². The van der Waals surface area contributed by atoms with Gasteiger partial charge in [-0.1, -0.05) is 53.7 Å². The van der Waals surface area contributed by atoms with Gasteiger partial charge in [0.2, 0.25) is 0 Å². The second kappa shape index (κ2) is 11.4. The lowest BCUT2D eigenvalue weighted by atomic mass is 9.96. The number of aliphatic hydroxyl groups is 1. The Bertz CT molecular complexity index is 1510. The van der Waals surface area contributed by atoms with Gasteiger partial charge in [-0.15, -0.1) is 0 Å². The smallest absolute Gasteiger partial charge is 0.194 e. The van der Waals surface area contributed by atoms with Crippen LogP contribution < -0.4 is 0 Å². The second-order valence-corrected chi connectivity index (χ2v) is 11.6. The molecule has 40 heavy (non-hydrogen) atoms. The largest absolute Gasteiger partial charge is 0.387 e. The molecule has 7 nitrogen and oxygen atoms in total. The molecule has 2 aliphatic rings. The van der Waals surface area contributed by atoms with Gasteiger partial charge in [0.1, 0.15) is 34.4 Å². The van der Waals surface area contributed by atoms with Crippen LogP contribution in [-0.4, -0.2) is 50.2 Å². The summed E-state index contributed by atoms with van der Waals surface area (Å²) in [5.41, 5.74) is 0.399. The van der Waals surface area contributed by atoms with Crippen molar-refractivity contribution in [2.24, 2.45) is 0 Å². The number of aromatic nitrogens is 3. The van der Waals surface area contributed by atoms with Crippen molar-refractivity contribution in [2.45, 2.75) is 41.0 Å². The fourth-order valence-electron chi connectivity index (χ4n) is 4.75. The van der Waals surface area contributed by atoms with Gasteiger partial charge in [-0.05, 0) is 39.7 Å². The third-order valence-corrected chi connectivity index (χ3v) is 8.93. The molecule has 208 valence electrons. The van der Waals surface area contributed by atoms with Crippen LogP contribution in [0.25, 0.3) is 11.1 Å². The molecule has 13 heteroatoms. The molecule has 2 fully saturated rings. The predicted octanol–water partition coefficient (Wildman–Crippen LogP) is 6.31. The third kappa shape index (κ3) is 5.41. The summed E-state index contributed by atoms with van der Waals surface area (Å²) in [5.74, 6) is -4.18. The van der Waals surface area contributed by atoms with Crippen LogP contribution in [-0.2, 0) is 14.2 Å². The molecule has 2 aromatic carbocycles. The Kier molecular flexibility index (Phi) is 7.92. The second-order valence-electron chi connectivity index (χ2n) is 9.22. The van der Waals surface area contributed by atoms with E-state index in [1.165, 1.54) is 35.0 Å². The summed E-state index contributed by atoms with van der Waals surface area (Å²) in [5, 5.41) is 16.5. The number of hydrogen-bond acceptors (Lipinski definition) is 7. The van der Waals surface area contributed by atoms with E-state index in [0.29, 0.717) is 20.1 Å². The zero-order chi connectivity index (χ0) is 28.0. The highest BCUT2D eigenvalue weighted by Crippen LogP contribution is 2.44. The molecule has 0 saturated carbocycles. The molecule has 6 rings (SSSR count). The maximum Gasteiger partial charge on any atom is 0.194 e. The quantitative estimate of drug-likeness (QED) is 0.200. The predicted molar refractivity (Wildman–Crippen MR) is 144 cm³/mol. The van der Waals surface area contributed by atoms with Gasteiger partial charge in [-0.3, -0.25) is 4.68 Å². The first kappa shape index (κ1) is 27.7. The van der Waals surface area contributed by atoms with Crippen LogP contribution in [0.2, 0.25) is 5.02 Å². The third-order valence-electron chi connectivity index (χ3n) is 6.65. The molecule has 2 saturated heterocycles. The van der Waals surface area contributed by atoms with E-state index in [1.807, 2.05) is 30.3 Å². The molecule has 0 spiro atoms. The van der Waals surface area contributed by atoms with E-state index in [9.17, 15) is 18.3 Å². The first-order chi connectivity index (χ1) is 19.3. The fourth-order valence-corrected chi connectivity index (χ4v) is 6.56. The molecule has 0 bridgehead atoms. The van der Waals surface area contributed by atoms with Crippen molar-refractivity contribution in [2.75, 3.05) is 6.61 Å². The van der Waals surface area contributed by atoms with Crippen LogP contribution in [0.15, 0.2) is 76.6 Å². The van der Waals surface area contributed by atoms with E-state index >= 15 is 0 Å². The highest BCUT2D eigenvalue weighted by molar-refractivity contribution is 9.10. The molecule has 2 aliphatic heterocycles. The number of benzene rings is 2. The highest BCUT2D eigenvalue weighted by atomic mass is 79.9. The Morgan fingerprint density at radius 3 is 2.52 bits per heavy atom. The van der Waals surface area contributed by atoms with Crippen LogP contribution >= 0.6 is 39.3 Å². The molecule has 2 aromatic heterocycles. The first-order valence-electron chi connectivity index (χ1n) is 12.1. The SMILES string of the molecule is OC1[C@@H](Sc2cc(Cl)cnc2Br)OC2COC(c3ccccc3)O[C@@H]2[C@@H]1n1cc(-c2cc(F)c(F)c(F)c2)cn1. The van der Waals surface area contributed by atoms with Gasteiger partial charge in [-0.25, -0.2) is 18.2 Å². The molecule has 0 aliphatic carbocycles. The zero-order valence-electron chi connectivity index (χ0n) is 20.3. The van der Waals surface area contributed by atoms with Gasteiger partial charge in [0.05, 0.1) is 17.8 Å². The summed E-state index contributed by atoms with van der Waals surface area (Å²) in [7, 11) is 0. The van der Waals surface area contributed by atoms with Crippen LogP contribution in [0, 0.1) is 17.5 Å². The number of thioether (sulfide) groups is 1. The minimum atomic E-state index is -1.55. The van der Waals surface area contributed by atoms with Gasteiger partial charge in [-0.2, -0.15) is 5.10 Å². The van der Waals surface area contributed by atoms with Crippen molar-refractivity contribution in [1.29, 1.82) is 0 Å². The van der Waals surface area contributed by atoms with Crippen molar-refractivity contribution in [3.05, 3.63) is 99.8 Å². The van der Waals surface area contributed by atoms with E-state index in [-0.39, 0.29) is 12.2 Å². The summed E-state index contributed by atoms with van der Waals surface area (Å²) in [6, 6.07) is 12.0. The molecule has 1 N–H and O–H groups in total. The average molecular weight is 655 g/mol. The number of fused-ring (bicyclic) bond motifs is 1. The van der Waals surface area contributed by atoms with Crippen LogP contribution in [0.5, 0.6) is 0 Å². The Hall–Kier alpha value is -2.45. The number of pyridine rings is 1. The van der Waals surface area contributed by atoms with Gasteiger partial charge in [0, 0.05) is 28.4 Å². The van der Waals surface area contributed by atoms with Crippen molar-refractivity contribution >= 4 is 39.3 Å². The van der Waals surface area contributed by atoms with Gasteiger partial charge >= 0.3 is 0 Å². The molecule has 4 aromatic rings. The maximum atomic E-state index is 13.9. The van der Waals surface area contributed by atoms with E-state index in [0.717, 1.165) is 17.7 Å². The maximum absolute atomic E-state index is 13.9. The summed E-state index contributed by atoms with van der Waals surface area (Å²) in [4.78, 5) is 4.85. The molecule has 4 heterocycles. The molecule has 0 amide bonds. The summed E-state index contributed by atoms with van der Waals surface area (Å²) >= 11 is 10.8. The molecular weight excluding hydrogens is 635 g/mol. The summed E-state index contributed by atoms with van der Waals surface area (Å²) in [6.07, 6.45) is 1.22. The number of hydrogen-bond donors (Lipinski definition) is 1. The van der Waals surface area contributed by atoms with Gasteiger partial charge < -0.3 is 19.3 Å². The Morgan fingerprint density at radius 2 is 1.77 bits per heavy atom. The van der Waals surface area contributed by atoms with Gasteiger partial charge in [0.25, 0.3) is 0 Å². The van der Waals surface area contributed by atoms with Crippen molar-refractivity contribution < 1.29 is 32.5 Å². The lowest BCUT2D eigenvalue weighted by Crippen LogP contribution is -2.58. The van der Waals surface area contributed by atoms with Crippen LogP contribution in [0.4, 0.5) is 13.2 Å². The zero-order valence-corrected chi connectivity index (χ0v) is 23.5. The molecule has 0 radical (unpaired) electrons. The minimum Gasteiger partial charge on any atom is -0.387 e. The number of halogens is 5. The monoisotopic (exact) mass is 653 g/mol. The number of nitrogens with zero attached hydrogens (tertiary/aromatic N) is 3. The van der Waals surface area contributed by atoms with Crippen molar-refractivity contribution in [3.8, 4) is 11.1 Å². The van der Waals surface area contributed by atoms with Crippen LogP contribution in [0.3, 0.4) is 0 Å². The number of ether oxygens (including phenoxy) is 3. The van der Waals surface area contributed by atoms with Crippen molar-refractivity contribution in [1.82, 2.24) is 14.8 Å². The van der Waals surface area contributed by atoms with Gasteiger partial charge in [0.15, 0.2) is 23.7 Å². The Labute approximate surface area is 244 Å².